The third-order valence-electron chi connectivity index (χ3n) is 6.10. The second-order valence-corrected chi connectivity index (χ2v) is 7.94. The van der Waals surface area contributed by atoms with Gasteiger partial charge in [-0.2, -0.15) is 0 Å². The summed E-state index contributed by atoms with van der Waals surface area (Å²) < 4.78 is 5.36. The summed E-state index contributed by atoms with van der Waals surface area (Å²) in [6.45, 7) is 9.36. The quantitative estimate of drug-likeness (QED) is 0.661. The number of nitrogens with zero attached hydrogens (tertiary/aromatic N) is 1. The van der Waals surface area contributed by atoms with E-state index < -0.39 is 0 Å². The number of ether oxygens (including phenoxy) is 1. The lowest BCUT2D eigenvalue weighted by Gasteiger charge is -2.38. The molecule has 3 rings (SSSR count). The van der Waals surface area contributed by atoms with Crippen LogP contribution in [0.1, 0.15) is 39.0 Å². The maximum atomic E-state index is 12.3. The second-order valence-electron chi connectivity index (χ2n) is 7.94. The van der Waals surface area contributed by atoms with Crippen molar-refractivity contribution in [1.82, 2.24) is 10.2 Å². The molecule has 0 aromatic heterocycles. The zero-order valence-electron chi connectivity index (χ0n) is 15.6. The number of carbonyl (C=O) groups is 2. The number of quaternary nitrogens is 1. The molecule has 142 valence electrons. The number of likely N-dealkylation sites (tertiary alicyclic amines) is 1. The molecule has 2 atom stereocenters. The molecule has 0 unspecified atom stereocenters. The van der Waals surface area contributed by atoms with Crippen molar-refractivity contribution in [2.24, 2.45) is 17.8 Å². The van der Waals surface area contributed by atoms with Crippen LogP contribution in [0.15, 0.2) is 0 Å². The number of piperidine rings is 1. The van der Waals surface area contributed by atoms with E-state index in [9.17, 15) is 9.59 Å². The van der Waals surface area contributed by atoms with Gasteiger partial charge in [0.2, 0.25) is 11.8 Å². The average Bonchev–Trinajstić information content (AvgIpc) is 3.47. The number of hydrogen-bond acceptors (Lipinski definition) is 3. The molecule has 1 aliphatic carbocycles. The summed E-state index contributed by atoms with van der Waals surface area (Å²) in [5.41, 5.74) is 0. The van der Waals surface area contributed by atoms with Crippen LogP contribution in [0, 0.1) is 17.8 Å². The highest BCUT2D eigenvalue weighted by molar-refractivity contribution is 5.81. The largest absolute Gasteiger partial charge is 0.370 e. The van der Waals surface area contributed by atoms with E-state index in [0.29, 0.717) is 30.1 Å². The van der Waals surface area contributed by atoms with E-state index in [1.807, 2.05) is 0 Å². The molecule has 25 heavy (non-hydrogen) atoms. The monoisotopic (exact) mass is 352 g/mol. The van der Waals surface area contributed by atoms with Crippen LogP contribution in [0.3, 0.4) is 0 Å². The van der Waals surface area contributed by atoms with E-state index in [-0.39, 0.29) is 5.91 Å². The summed E-state index contributed by atoms with van der Waals surface area (Å²) in [5, 5.41) is 3.10. The SMILES string of the molecule is CC[C@H]1CN(C(=O)C2CC2)CC[C@H]1CC(=O)NCC[NH+]1CCOCC1. The van der Waals surface area contributed by atoms with Crippen LogP contribution in [-0.4, -0.2) is 69.2 Å². The molecule has 3 aliphatic rings. The highest BCUT2D eigenvalue weighted by Gasteiger charge is 2.37. The van der Waals surface area contributed by atoms with E-state index in [4.69, 9.17) is 4.74 Å². The number of rotatable bonds is 7. The van der Waals surface area contributed by atoms with Crippen LogP contribution in [0.4, 0.5) is 0 Å². The Balaban J connectivity index is 1.37. The molecular formula is C19H34N3O3+. The molecule has 2 saturated heterocycles. The van der Waals surface area contributed by atoms with E-state index in [1.165, 1.54) is 4.90 Å². The molecule has 2 N–H and O–H groups in total. The summed E-state index contributed by atoms with van der Waals surface area (Å²) in [4.78, 5) is 28.2. The maximum absolute atomic E-state index is 12.3. The molecule has 6 heteroatoms. The first kappa shape index (κ1) is 18.6. The van der Waals surface area contributed by atoms with Gasteiger partial charge in [0, 0.05) is 25.4 Å². The van der Waals surface area contributed by atoms with Gasteiger partial charge in [0.05, 0.1) is 26.3 Å². The fourth-order valence-electron chi connectivity index (χ4n) is 4.20. The van der Waals surface area contributed by atoms with Crippen molar-refractivity contribution >= 4 is 11.8 Å². The normalized spacial score (nSPS) is 28.0. The van der Waals surface area contributed by atoms with Crippen LogP contribution in [-0.2, 0) is 14.3 Å². The molecule has 0 radical (unpaired) electrons. The van der Waals surface area contributed by atoms with Gasteiger partial charge in [0.1, 0.15) is 13.1 Å². The molecule has 2 heterocycles. The van der Waals surface area contributed by atoms with Gasteiger partial charge in [0.25, 0.3) is 0 Å². The predicted octanol–water partition coefficient (Wildman–Crippen LogP) is -0.307. The second kappa shape index (κ2) is 8.99. The third-order valence-corrected chi connectivity index (χ3v) is 6.10. The summed E-state index contributed by atoms with van der Waals surface area (Å²) >= 11 is 0. The Labute approximate surface area is 151 Å². The van der Waals surface area contributed by atoms with Gasteiger partial charge >= 0.3 is 0 Å². The van der Waals surface area contributed by atoms with E-state index in [0.717, 1.165) is 78.2 Å². The van der Waals surface area contributed by atoms with E-state index >= 15 is 0 Å². The van der Waals surface area contributed by atoms with Crippen LogP contribution in [0.25, 0.3) is 0 Å². The van der Waals surface area contributed by atoms with Crippen LogP contribution in [0.5, 0.6) is 0 Å². The van der Waals surface area contributed by atoms with Crippen LogP contribution < -0.4 is 10.2 Å². The minimum Gasteiger partial charge on any atom is -0.370 e. The predicted molar refractivity (Wildman–Crippen MR) is 95.2 cm³/mol. The fraction of sp³-hybridized carbons (Fsp3) is 0.895. The number of nitrogens with one attached hydrogen (secondary N) is 2. The number of morpholine rings is 1. The van der Waals surface area contributed by atoms with Crippen LogP contribution >= 0.6 is 0 Å². The fourth-order valence-corrected chi connectivity index (χ4v) is 4.20. The van der Waals surface area contributed by atoms with Crippen LogP contribution in [0.2, 0.25) is 0 Å². The molecule has 0 aromatic carbocycles. The lowest BCUT2D eigenvalue weighted by Crippen LogP contribution is -3.14. The lowest BCUT2D eigenvalue weighted by atomic mass is 9.81. The summed E-state index contributed by atoms with van der Waals surface area (Å²) in [6.07, 6.45) is 4.78. The highest BCUT2D eigenvalue weighted by Crippen LogP contribution is 2.35. The molecule has 0 aromatic rings. The van der Waals surface area contributed by atoms with Gasteiger partial charge < -0.3 is 19.9 Å². The zero-order valence-corrected chi connectivity index (χ0v) is 15.6. The molecule has 0 bridgehead atoms. The molecule has 2 amide bonds. The Bertz CT molecular complexity index is 461. The molecule has 3 fully saturated rings. The minimum absolute atomic E-state index is 0.179. The third kappa shape index (κ3) is 5.42. The molecule has 1 saturated carbocycles. The first-order valence-electron chi connectivity index (χ1n) is 10.1. The van der Waals surface area contributed by atoms with Gasteiger partial charge in [-0.05, 0) is 31.1 Å². The number of carbonyl (C=O) groups excluding carboxylic acids is 2. The summed E-state index contributed by atoms with van der Waals surface area (Å²) in [7, 11) is 0. The van der Waals surface area contributed by atoms with E-state index in [1.54, 1.807) is 0 Å². The summed E-state index contributed by atoms with van der Waals surface area (Å²) in [5.74, 6) is 1.73. The molecule has 6 nitrogen and oxygen atoms in total. The Morgan fingerprint density at radius 1 is 1.16 bits per heavy atom. The number of amides is 2. The Morgan fingerprint density at radius 3 is 2.60 bits per heavy atom. The first-order chi connectivity index (χ1) is 12.2. The van der Waals surface area contributed by atoms with Gasteiger partial charge in [-0.3, -0.25) is 9.59 Å². The van der Waals surface area contributed by atoms with Gasteiger partial charge in [-0.15, -0.1) is 0 Å². The summed E-state index contributed by atoms with van der Waals surface area (Å²) in [6, 6.07) is 0. The van der Waals surface area contributed by atoms with Crippen molar-refractivity contribution in [2.75, 3.05) is 52.5 Å². The van der Waals surface area contributed by atoms with Gasteiger partial charge in [-0.25, -0.2) is 0 Å². The number of hydrogen-bond donors (Lipinski definition) is 2. The van der Waals surface area contributed by atoms with Gasteiger partial charge in [-0.1, -0.05) is 13.3 Å². The standard InChI is InChI=1S/C19H33N3O3/c1-2-15-14-22(19(24)16-3-4-16)7-5-17(15)13-18(23)20-6-8-21-9-11-25-12-10-21/h15-17H,2-14H2,1H3,(H,20,23)/p+1/t15-,17-/m0/s1. The van der Waals surface area contributed by atoms with E-state index in [2.05, 4.69) is 17.1 Å². The lowest BCUT2D eigenvalue weighted by molar-refractivity contribution is -0.906. The smallest absolute Gasteiger partial charge is 0.225 e. The maximum Gasteiger partial charge on any atom is 0.225 e. The molecular weight excluding hydrogens is 318 g/mol. The van der Waals surface area contributed by atoms with Crippen molar-refractivity contribution in [3.63, 3.8) is 0 Å². The first-order valence-corrected chi connectivity index (χ1v) is 10.1. The Morgan fingerprint density at radius 2 is 1.92 bits per heavy atom. The topological polar surface area (TPSA) is 63.1 Å². The van der Waals surface area contributed by atoms with Gasteiger partial charge in [0.15, 0.2) is 0 Å². The van der Waals surface area contributed by atoms with Crippen molar-refractivity contribution in [1.29, 1.82) is 0 Å². The minimum atomic E-state index is 0.179. The van der Waals surface area contributed by atoms with Crippen molar-refractivity contribution in [3.8, 4) is 0 Å². The van der Waals surface area contributed by atoms with Crippen molar-refractivity contribution in [2.45, 2.75) is 39.0 Å². The Kier molecular flexibility index (Phi) is 6.70. The molecule has 0 spiro atoms. The average molecular weight is 352 g/mol. The molecule has 2 aliphatic heterocycles. The highest BCUT2D eigenvalue weighted by atomic mass is 16.5. The zero-order chi connectivity index (χ0) is 17.6. The Hall–Kier alpha value is -1.14. The van der Waals surface area contributed by atoms with Crippen molar-refractivity contribution in [3.05, 3.63) is 0 Å². The van der Waals surface area contributed by atoms with Crippen molar-refractivity contribution < 1.29 is 19.2 Å².